The molecular weight excluding hydrogens is 358 g/mol. The maximum absolute atomic E-state index is 12.4. The van der Waals surface area contributed by atoms with E-state index in [1.165, 1.54) is 31.0 Å². The van der Waals surface area contributed by atoms with Crippen molar-refractivity contribution in [2.24, 2.45) is 11.8 Å². The molecular formula is C20H29N5OS. The van der Waals surface area contributed by atoms with Gasteiger partial charge in [0.25, 0.3) is 0 Å². The van der Waals surface area contributed by atoms with Crippen molar-refractivity contribution in [2.75, 3.05) is 5.75 Å². The lowest BCUT2D eigenvalue weighted by molar-refractivity contribution is -0.119. The predicted octanol–water partition coefficient (Wildman–Crippen LogP) is 3.78. The molecule has 146 valence electrons. The van der Waals surface area contributed by atoms with E-state index < -0.39 is 0 Å². The average Bonchev–Trinajstić information content (AvgIpc) is 3.04. The summed E-state index contributed by atoms with van der Waals surface area (Å²) in [6, 6.07) is 4.20. The second-order valence-electron chi connectivity index (χ2n) is 7.78. The molecule has 1 aliphatic carbocycles. The normalized spacial score (nSPS) is 20.0. The third-order valence-electron chi connectivity index (χ3n) is 4.97. The molecule has 2 atom stereocenters. The summed E-state index contributed by atoms with van der Waals surface area (Å²) in [7, 11) is 0. The molecule has 0 radical (unpaired) electrons. The molecule has 0 saturated heterocycles. The summed E-state index contributed by atoms with van der Waals surface area (Å²) < 4.78 is 2.10. The SMILES string of the molecule is CC(C)Cn1c(SCC(=O)N[C@H]2CCCC[C@@H]2C)nnc1-c1cccnc1. The molecule has 1 fully saturated rings. The molecule has 0 bridgehead atoms. The second kappa shape index (κ2) is 9.35. The van der Waals surface area contributed by atoms with Gasteiger partial charge >= 0.3 is 0 Å². The zero-order chi connectivity index (χ0) is 19.2. The molecule has 0 spiro atoms. The van der Waals surface area contributed by atoms with E-state index in [4.69, 9.17) is 0 Å². The number of rotatable bonds is 7. The smallest absolute Gasteiger partial charge is 0.230 e. The first-order valence-corrected chi connectivity index (χ1v) is 10.8. The van der Waals surface area contributed by atoms with Crippen molar-refractivity contribution < 1.29 is 4.79 Å². The molecule has 0 aromatic carbocycles. The van der Waals surface area contributed by atoms with Crippen LogP contribution in [0.15, 0.2) is 29.7 Å². The number of carbonyl (C=O) groups is 1. The van der Waals surface area contributed by atoms with Crippen molar-refractivity contribution in [3.63, 3.8) is 0 Å². The van der Waals surface area contributed by atoms with E-state index in [1.54, 1.807) is 12.4 Å². The lowest BCUT2D eigenvalue weighted by atomic mass is 9.86. The molecule has 2 aromatic heterocycles. The number of pyridine rings is 1. The number of nitrogens with zero attached hydrogens (tertiary/aromatic N) is 4. The van der Waals surface area contributed by atoms with Gasteiger partial charge in [-0.1, -0.05) is 45.4 Å². The summed E-state index contributed by atoms with van der Waals surface area (Å²) in [5, 5.41) is 12.7. The highest BCUT2D eigenvalue weighted by molar-refractivity contribution is 7.99. The van der Waals surface area contributed by atoms with Gasteiger partial charge in [0.05, 0.1) is 5.75 Å². The van der Waals surface area contributed by atoms with Crippen LogP contribution in [0.3, 0.4) is 0 Å². The van der Waals surface area contributed by atoms with E-state index in [0.29, 0.717) is 23.6 Å². The first kappa shape index (κ1) is 19.9. The Morgan fingerprint density at radius 2 is 2.15 bits per heavy atom. The van der Waals surface area contributed by atoms with Crippen LogP contribution in [0.1, 0.15) is 46.5 Å². The summed E-state index contributed by atoms with van der Waals surface area (Å²) in [4.78, 5) is 16.6. The van der Waals surface area contributed by atoms with Crippen molar-refractivity contribution in [2.45, 2.75) is 64.2 Å². The van der Waals surface area contributed by atoms with Crippen molar-refractivity contribution in [3.8, 4) is 11.4 Å². The Hall–Kier alpha value is -1.89. The lowest BCUT2D eigenvalue weighted by Crippen LogP contribution is -2.41. The van der Waals surface area contributed by atoms with E-state index in [1.807, 2.05) is 12.1 Å². The maximum Gasteiger partial charge on any atom is 0.230 e. The van der Waals surface area contributed by atoms with Gasteiger partial charge in [0.15, 0.2) is 11.0 Å². The van der Waals surface area contributed by atoms with Gasteiger partial charge in [-0.2, -0.15) is 0 Å². The standard InChI is InChI=1S/C20H29N5OS/c1-14(2)12-25-19(16-8-6-10-21-11-16)23-24-20(25)27-13-18(26)22-17-9-5-4-7-15(17)3/h6,8,10-11,14-15,17H,4-5,7,9,12-13H2,1-3H3,(H,22,26)/t15-,17-/m0/s1. The minimum absolute atomic E-state index is 0.0841. The van der Waals surface area contributed by atoms with Gasteiger partial charge in [0.2, 0.25) is 5.91 Å². The van der Waals surface area contributed by atoms with Crippen LogP contribution in [-0.2, 0) is 11.3 Å². The van der Waals surface area contributed by atoms with Crippen molar-refractivity contribution in [1.82, 2.24) is 25.1 Å². The van der Waals surface area contributed by atoms with Gasteiger partial charge in [-0.05, 0) is 36.8 Å². The molecule has 2 aromatic rings. The van der Waals surface area contributed by atoms with E-state index >= 15 is 0 Å². The maximum atomic E-state index is 12.4. The molecule has 1 aliphatic rings. The molecule has 0 aliphatic heterocycles. The number of amides is 1. The minimum Gasteiger partial charge on any atom is -0.352 e. The summed E-state index contributed by atoms with van der Waals surface area (Å²) in [5.74, 6) is 2.27. The molecule has 6 nitrogen and oxygen atoms in total. The Bertz CT molecular complexity index is 746. The first-order valence-electron chi connectivity index (χ1n) is 9.80. The van der Waals surface area contributed by atoms with Crippen LogP contribution in [0, 0.1) is 11.8 Å². The lowest BCUT2D eigenvalue weighted by Gasteiger charge is -2.29. The van der Waals surface area contributed by atoms with E-state index in [2.05, 4.69) is 45.8 Å². The van der Waals surface area contributed by atoms with Crippen LogP contribution in [0.4, 0.5) is 0 Å². The summed E-state index contributed by atoms with van der Waals surface area (Å²) in [6.45, 7) is 7.37. The van der Waals surface area contributed by atoms with E-state index in [9.17, 15) is 4.79 Å². The van der Waals surface area contributed by atoms with Gasteiger partial charge < -0.3 is 9.88 Å². The minimum atomic E-state index is 0.0841. The third kappa shape index (κ3) is 5.31. The highest BCUT2D eigenvalue weighted by Crippen LogP contribution is 2.26. The number of carbonyl (C=O) groups excluding carboxylic acids is 1. The van der Waals surface area contributed by atoms with Crippen molar-refractivity contribution in [3.05, 3.63) is 24.5 Å². The van der Waals surface area contributed by atoms with Crippen molar-refractivity contribution >= 4 is 17.7 Å². The summed E-state index contributed by atoms with van der Waals surface area (Å²) in [5.41, 5.74) is 0.943. The number of aromatic nitrogens is 4. The third-order valence-corrected chi connectivity index (χ3v) is 5.94. The van der Waals surface area contributed by atoms with Crippen LogP contribution >= 0.6 is 11.8 Å². The molecule has 27 heavy (non-hydrogen) atoms. The Labute approximate surface area is 165 Å². The molecule has 2 heterocycles. The zero-order valence-electron chi connectivity index (χ0n) is 16.4. The van der Waals surface area contributed by atoms with Crippen LogP contribution < -0.4 is 5.32 Å². The summed E-state index contributed by atoms with van der Waals surface area (Å²) in [6.07, 6.45) is 8.32. The van der Waals surface area contributed by atoms with Crippen LogP contribution in [0.25, 0.3) is 11.4 Å². The number of hydrogen-bond donors (Lipinski definition) is 1. The van der Waals surface area contributed by atoms with Crippen LogP contribution in [-0.4, -0.2) is 37.5 Å². The van der Waals surface area contributed by atoms with Gasteiger partial charge in [-0.15, -0.1) is 10.2 Å². The molecule has 1 saturated carbocycles. The number of thioether (sulfide) groups is 1. The van der Waals surface area contributed by atoms with Crippen LogP contribution in [0.5, 0.6) is 0 Å². The Morgan fingerprint density at radius 3 is 2.85 bits per heavy atom. The number of nitrogens with one attached hydrogen (secondary N) is 1. The summed E-state index contributed by atoms with van der Waals surface area (Å²) >= 11 is 1.46. The largest absolute Gasteiger partial charge is 0.352 e. The average molecular weight is 388 g/mol. The Morgan fingerprint density at radius 1 is 1.33 bits per heavy atom. The predicted molar refractivity (Wildman–Crippen MR) is 108 cm³/mol. The van der Waals surface area contributed by atoms with E-state index in [0.717, 1.165) is 29.5 Å². The molecule has 1 N–H and O–H groups in total. The topological polar surface area (TPSA) is 72.7 Å². The van der Waals surface area contributed by atoms with Gasteiger partial charge in [-0.25, -0.2) is 0 Å². The first-order chi connectivity index (χ1) is 13.0. The zero-order valence-corrected chi connectivity index (χ0v) is 17.2. The van der Waals surface area contributed by atoms with Gasteiger partial charge in [0, 0.05) is 30.5 Å². The molecule has 0 unspecified atom stereocenters. The quantitative estimate of drug-likeness (QED) is 0.732. The fraction of sp³-hybridized carbons (Fsp3) is 0.600. The Balaban J connectivity index is 1.67. The molecule has 3 rings (SSSR count). The number of hydrogen-bond acceptors (Lipinski definition) is 5. The molecule has 7 heteroatoms. The van der Waals surface area contributed by atoms with Crippen LogP contribution in [0.2, 0.25) is 0 Å². The molecule has 1 amide bonds. The fourth-order valence-electron chi connectivity index (χ4n) is 3.54. The van der Waals surface area contributed by atoms with Crippen molar-refractivity contribution in [1.29, 1.82) is 0 Å². The highest BCUT2D eigenvalue weighted by atomic mass is 32.2. The van der Waals surface area contributed by atoms with Gasteiger partial charge in [-0.3, -0.25) is 9.78 Å². The highest BCUT2D eigenvalue weighted by Gasteiger charge is 2.23. The Kier molecular flexibility index (Phi) is 6.88. The monoisotopic (exact) mass is 387 g/mol. The fourth-order valence-corrected chi connectivity index (χ4v) is 4.30. The second-order valence-corrected chi connectivity index (χ2v) is 8.72. The van der Waals surface area contributed by atoms with Gasteiger partial charge in [0.1, 0.15) is 0 Å². The van der Waals surface area contributed by atoms with E-state index in [-0.39, 0.29) is 5.91 Å².